The van der Waals surface area contributed by atoms with E-state index < -0.39 is 0 Å². The molecule has 0 saturated carbocycles. The van der Waals surface area contributed by atoms with Gasteiger partial charge in [-0.15, -0.1) is 42.3 Å². The highest BCUT2D eigenvalue weighted by Crippen LogP contribution is 2.23. The van der Waals surface area contributed by atoms with Gasteiger partial charge in [-0.05, 0) is 0 Å². The molecule has 0 aromatic carbocycles. The summed E-state index contributed by atoms with van der Waals surface area (Å²) in [5, 5.41) is 24.7. The van der Waals surface area contributed by atoms with Gasteiger partial charge in [-0.1, -0.05) is 85.4 Å². The van der Waals surface area contributed by atoms with Gasteiger partial charge in [0.05, 0.1) is 0 Å². The van der Waals surface area contributed by atoms with Gasteiger partial charge < -0.3 is 0 Å². The molecule has 154 valence electrons. The number of rotatable bonds is 19. The Morgan fingerprint density at radius 3 is 0.556 bits per heavy atom. The first-order valence-corrected chi connectivity index (χ1v) is 25.3. The van der Waals surface area contributed by atoms with Crippen LogP contribution in [0.1, 0.15) is 48.5 Å². The molecule has 0 nitrogen and oxygen atoms in total. The molecule has 0 rings (SSSR count). The van der Waals surface area contributed by atoms with Crippen LogP contribution in [0.5, 0.6) is 0 Å². The van der Waals surface area contributed by atoms with Crippen molar-refractivity contribution in [1.29, 1.82) is 0 Å². The predicted octanol–water partition coefficient (Wildman–Crippen LogP) is 8.60. The van der Waals surface area contributed by atoms with Gasteiger partial charge in [0, 0.05) is 0 Å². The van der Waals surface area contributed by atoms with Crippen LogP contribution in [0.2, 0.25) is 79.2 Å². The zero-order chi connectivity index (χ0) is 20.5. The smallest absolute Gasteiger partial charge is 0.106 e. The van der Waals surface area contributed by atoms with Gasteiger partial charge in [-0.2, -0.15) is 0 Å². The van der Waals surface area contributed by atoms with Gasteiger partial charge >= 0.3 is 0 Å². The lowest BCUT2D eigenvalue weighted by molar-refractivity contribution is 1.14. The molecule has 0 atom stereocenters. The predicted molar refractivity (Wildman–Crippen MR) is 141 cm³/mol. The highest BCUT2D eigenvalue weighted by Gasteiger charge is 2.25. The zero-order valence-electron chi connectivity index (χ0n) is 20.5. The molecule has 0 saturated heterocycles. The van der Waals surface area contributed by atoms with Crippen molar-refractivity contribution < 1.29 is 0 Å². The van der Waals surface area contributed by atoms with Crippen molar-refractivity contribution in [3.8, 4) is 0 Å². The van der Waals surface area contributed by atoms with Crippen molar-refractivity contribution in [2.75, 3.05) is 0 Å². The molecule has 0 spiro atoms. The molecule has 0 fully saturated rings. The topological polar surface area (TPSA) is 0 Å². The summed E-state index contributed by atoms with van der Waals surface area (Å²) in [5.41, 5.74) is 0. The van der Waals surface area contributed by atoms with Gasteiger partial charge in [-0.25, -0.2) is 0 Å². The molecular weight excluding hydrogens is 399 g/mol. The molecule has 0 bridgehead atoms. The summed E-state index contributed by atoms with van der Waals surface area (Å²) < 4.78 is 0. The van der Waals surface area contributed by atoms with Crippen LogP contribution in [0.4, 0.5) is 0 Å². The third-order valence-electron chi connectivity index (χ3n) is 7.97. The second-order valence-electron chi connectivity index (χ2n) is 9.50. The Balaban J connectivity index is 4.22. The summed E-state index contributed by atoms with van der Waals surface area (Å²) >= 11 is -1.77. The van der Waals surface area contributed by atoms with E-state index >= 15 is 0 Å². The number of hydrogen-bond donors (Lipinski definition) is 0. The Morgan fingerprint density at radius 1 is 0.259 bits per heavy atom. The van der Waals surface area contributed by atoms with Gasteiger partial charge in [0.1, 0.15) is 0 Å². The monoisotopic (exact) mass is 450 g/mol. The minimum atomic E-state index is -0.389. The molecular formula is C22H51Al5. The van der Waals surface area contributed by atoms with Crippen molar-refractivity contribution in [2.45, 2.75) is 128 Å². The van der Waals surface area contributed by atoms with Crippen LogP contribution in [0.3, 0.4) is 0 Å². The quantitative estimate of drug-likeness (QED) is 0.173. The van der Waals surface area contributed by atoms with Crippen LogP contribution < -0.4 is 0 Å². The summed E-state index contributed by atoms with van der Waals surface area (Å²) in [7, 11) is 0. The molecule has 0 aliphatic rings. The first-order chi connectivity index (χ1) is 13.1. The SMILES string of the molecule is C[CH2][Al]([CH2]C)[CH2][CH2][Al]([CH2]C)[CH2][CH2][Al]([CH2]C)[CH2][CH2][Al]([CH2]C)[CH2][CH2][Al]([CH2]C)[CH2]C. The second-order valence-corrected chi connectivity index (χ2v) is 28.5. The summed E-state index contributed by atoms with van der Waals surface area (Å²) in [6, 6.07) is 0. The lowest BCUT2D eigenvalue weighted by atomic mass is 10.9. The fourth-order valence-corrected chi connectivity index (χ4v) is 26.1. The van der Waals surface area contributed by atoms with Crippen molar-refractivity contribution in [3.05, 3.63) is 0 Å². The third kappa shape index (κ3) is 15.2. The van der Waals surface area contributed by atoms with E-state index in [1.165, 1.54) is 0 Å². The molecule has 0 radical (unpaired) electrons. The van der Waals surface area contributed by atoms with Gasteiger partial charge in [0.25, 0.3) is 70.7 Å². The number of hydrogen-bond acceptors (Lipinski definition) is 0. The van der Waals surface area contributed by atoms with Crippen LogP contribution >= 0.6 is 0 Å². The Hall–Kier alpha value is 2.66. The second kappa shape index (κ2) is 20.6. The Labute approximate surface area is 196 Å². The first kappa shape index (κ1) is 29.7. The fourth-order valence-electron chi connectivity index (χ4n) is 4.94. The van der Waals surface area contributed by atoms with Crippen LogP contribution in [0.25, 0.3) is 0 Å². The van der Waals surface area contributed by atoms with E-state index in [1.54, 1.807) is 79.2 Å². The first-order valence-electron chi connectivity index (χ1n) is 13.1. The van der Waals surface area contributed by atoms with E-state index in [-0.39, 0.29) is 70.7 Å². The molecule has 0 unspecified atom stereocenters. The van der Waals surface area contributed by atoms with E-state index in [1.807, 2.05) is 0 Å². The van der Waals surface area contributed by atoms with Gasteiger partial charge in [-0.3, -0.25) is 0 Å². The average molecular weight is 451 g/mol. The van der Waals surface area contributed by atoms with Crippen molar-refractivity contribution in [3.63, 3.8) is 0 Å². The molecule has 0 aliphatic heterocycles. The Kier molecular flexibility index (Phi) is 22.6. The standard InChI is InChI=1S/7C2H5.4C2H4.5Al/c11*1-2;;;;;/h7*1H2,2H3;4*1-2H2;;;;;. The van der Waals surface area contributed by atoms with E-state index in [0.29, 0.717) is 0 Å². The maximum Gasteiger partial charge on any atom is 0.260 e. The lowest BCUT2D eigenvalue weighted by Crippen LogP contribution is -2.22. The van der Waals surface area contributed by atoms with E-state index in [4.69, 9.17) is 0 Å². The van der Waals surface area contributed by atoms with Crippen LogP contribution in [-0.4, -0.2) is 70.7 Å². The molecule has 0 amide bonds. The molecule has 0 aromatic heterocycles. The van der Waals surface area contributed by atoms with Crippen molar-refractivity contribution in [2.24, 2.45) is 0 Å². The summed E-state index contributed by atoms with van der Waals surface area (Å²) in [6.45, 7) is 17.4. The summed E-state index contributed by atoms with van der Waals surface area (Å²) in [4.78, 5) is 0. The lowest BCUT2D eigenvalue weighted by Gasteiger charge is -2.17. The molecule has 0 aromatic rings. The van der Waals surface area contributed by atoms with E-state index in [2.05, 4.69) is 48.5 Å². The highest BCUT2D eigenvalue weighted by molar-refractivity contribution is 6.69. The van der Waals surface area contributed by atoms with Crippen LogP contribution in [-0.2, 0) is 0 Å². The van der Waals surface area contributed by atoms with Crippen LogP contribution in [0, 0.1) is 0 Å². The van der Waals surface area contributed by atoms with Gasteiger partial charge in [0.2, 0.25) is 0 Å². The molecule has 5 heteroatoms. The summed E-state index contributed by atoms with van der Waals surface area (Å²) in [5.74, 6) is 0. The van der Waals surface area contributed by atoms with Crippen LogP contribution in [0.15, 0.2) is 0 Å². The average Bonchev–Trinajstić information content (AvgIpc) is 2.71. The molecule has 27 heavy (non-hydrogen) atoms. The van der Waals surface area contributed by atoms with Gasteiger partial charge in [0.15, 0.2) is 0 Å². The maximum absolute atomic E-state index is 2.54. The molecule has 0 N–H and O–H groups in total. The van der Waals surface area contributed by atoms with Crippen molar-refractivity contribution in [1.82, 2.24) is 0 Å². The van der Waals surface area contributed by atoms with E-state index in [0.717, 1.165) is 0 Å². The summed E-state index contributed by atoms with van der Waals surface area (Å²) in [6.07, 6.45) is 0. The Bertz CT molecular complexity index is 277. The Morgan fingerprint density at radius 2 is 0.407 bits per heavy atom. The normalized spacial score (nSPS) is 10.8. The third-order valence-corrected chi connectivity index (χ3v) is 27.9. The molecule has 0 heterocycles. The minimum absolute atomic E-state index is 0.318. The fraction of sp³-hybridized carbons (Fsp3) is 1.00. The highest BCUT2D eigenvalue weighted by atomic mass is 27.2. The van der Waals surface area contributed by atoms with Crippen molar-refractivity contribution >= 4 is 70.7 Å². The minimum Gasteiger partial charge on any atom is -0.106 e. The van der Waals surface area contributed by atoms with E-state index in [9.17, 15) is 0 Å². The maximum atomic E-state index is 2.54. The molecule has 0 aliphatic carbocycles. The largest absolute Gasteiger partial charge is 0.260 e. The zero-order valence-corrected chi connectivity index (χ0v) is 26.3.